The highest BCUT2D eigenvalue weighted by Crippen LogP contribution is 2.32. The van der Waals surface area contributed by atoms with Crippen molar-refractivity contribution in [1.29, 1.82) is 0 Å². The van der Waals surface area contributed by atoms with Crippen molar-refractivity contribution >= 4 is 11.7 Å². The van der Waals surface area contributed by atoms with Gasteiger partial charge in [0.2, 0.25) is 5.91 Å². The summed E-state index contributed by atoms with van der Waals surface area (Å²) < 4.78 is 40.0. The molecule has 9 heteroatoms. The van der Waals surface area contributed by atoms with E-state index in [1.165, 1.54) is 19.3 Å². The summed E-state index contributed by atoms with van der Waals surface area (Å²) in [6.45, 7) is 2.55. The Labute approximate surface area is 155 Å². The summed E-state index contributed by atoms with van der Waals surface area (Å²) in [4.78, 5) is 26.9. The summed E-state index contributed by atoms with van der Waals surface area (Å²) in [5.41, 5.74) is -0.495. The van der Waals surface area contributed by atoms with Crippen LogP contribution in [0.4, 0.5) is 19.0 Å². The molecule has 2 aromatic rings. The SMILES string of the molecule is CC(=O)N(C)C1CCN(c2cc(C(F)(F)F)nc(-c3ccncc3)n2)CC1. The summed E-state index contributed by atoms with van der Waals surface area (Å²) in [6, 6.07) is 4.22. The number of hydrogen-bond donors (Lipinski definition) is 0. The van der Waals surface area contributed by atoms with Crippen LogP contribution >= 0.6 is 0 Å². The predicted octanol–water partition coefficient (Wildman–Crippen LogP) is 3.00. The van der Waals surface area contributed by atoms with Crippen molar-refractivity contribution in [1.82, 2.24) is 19.9 Å². The summed E-state index contributed by atoms with van der Waals surface area (Å²) in [5.74, 6) is 0.244. The van der Waals surface area contributed by atoms with Gasteiger partial charge in [0.1, 0.15) is 5.82 Å². The third kappa shape index (κ3) is 4.35. The topological polar surface area (TPSA) is 62.2 Å². The number of nitrogens with zero attached hydrogens (tertiary/aromatic N) is 5. The van der Waals surface area contributed by atoms with Gasteiger partial charge in [-0.1, -0.05) is 0 Å². The Balaban J connectivity index is 1.88. The van der Waals surface area contributed by atoms with E-state index in [1.807, 2.05) is 4.90 Å². The molecule has 6 nitrogen and oxygen atoms in total. The molecule has 0 saturated carbocycles. The lowest BCUT2D eigenvalue weighted by Crippen LogP contribution is -2.45. The normalized spacial score (nSPS) is 15.7. The van der Waals surface area contributed by atoms with Crippen LogP contribution in [0.2, 0.25) is 0 Å². The van der Waals surface area contributed by atoms with Crippen molar-refractivity contribution < 1.29 is 18.0 Å². The Morgan fingerprint density at radius 3 is 2.37 bits per heavy atom. The van der Waals surface area contributed by atoms with Gasteiger partial charge in [-0.15, -0.1) is 0 Å². The second kappa shape index (κ2) is 7.50. The molecule has 0 aromatic carbocycles. The van der Waals surface area contributed by atoms with Gasteiger partial charge in [0, 0.05) is 57.1 Å². The van der Waals surface area contributed by atoms with Gasteiger partial charge >= 0.3 is 6.18 Å². The summed E-state index contributed by atoms with van der Waals surface area (Å²) in [6.07, 6.45) is -0.242. The van der Waals surface area contributed by atoms with Gasteiger partial charge in [0.15, 0.2) is 11.5 Å². The van der Waals surface area contributed by atoms with Crippen molar-refractivity contribution in [3.05, 3.63) is 36.3 Å². The monoisotopic (exact) mass is 379 g/mol. The molecule has 1 saturated heterocycles. The number of alkyl halides is 3. The van der Waals surface area contributed by atoms with E-state index in [0.717, 1.165) is 6.07 Å². The maximum atomic E-state index is 13.3. The molecule has 2 aromatic heterocycles. The lowest BCUT2D eigenvalue weighted by Gasteiger charge is -2.37. The molecule has 0 atom stereocenters. The van der Waals surface area contributed by atoms with E-state index < -0.39 is 11.9 Å². The molecule has 1 aliphatic rings. The predicted molar refractivity (Wildman–Crippen MR) is 93.9 cm³/mol. The van der Waals surface area contributed by atoms with Crippen LogP contribution in [0.15, 0.2) is 30.6 Å². The van der Waals surface area contributed by atoms with E-state index in [2.05, 4.69) is 15.0 Å². The van der Waals surface area contributed by atoms with E-state index in [0.29, 0.717) is 31.5 Å². The Bertz CT molecular complexity index is 804. The van der Waals surface area contributed by atoms with Crippen LogP contribution in [0.1, 0.15) is 25.5 Å². The van der Waals surface area contributed by atoms with Crippen molar-refractivity contribution in [2.24, 2.45) is 0 Å². The van der Waals surface area contributed by atoms with E-state index in [-0.39, 0.29) is 23.6 Å². The molecule has 1 fully saturated rings. The Hall–Kier alpha value is -2.71. The number of amides is 1. The quantitative estimate of drug-likeness (QED) is 0.820. The number of halogens is 3. The first-order valence-corrected chi connectivity index (χ1v) is 8.60. The highest BCUT2D eigenvalue weighted by Gasteiger charge is 2.35. The average Bonchev–Trinajstić information content (AvgIpc) is 2.67. The molecule has 0 radical (unpaired) electrons. The van der Waals surface area contributed by atoms with Crippen molar-refractivity contribution in [3.8, 4) is 11.4 Å². The van der Waals surface area contributed by atoms with E-state index in [1.54, 1.807) is 24.1 Å². The van der Waals surface area contributed by atoms with E-state index in [9.17, 15) is 18.0 Å². The first-order valence-electron chi connectivity index (χ1n) is 8.60. The Morgan fingerprint density at radius 2 is 1.81 bits per heavy atom. The molecule has 0 N–H and O–H groups in total. The molecule has 3 heterocycles. The molecule has 0 aliphatic carbocycles. The molecular weight excluding hydrogens is 359 g/mol. The molecule has 27 heavy (non-hydrogen) atoms. The first kappa shape index (κ1) is 19.1. The van der Waals surface area contributed by atoms with Gasteiger partial charge in [0.05, 0.1) is 0 Å². The van der Waals surface area contributed by atoms with Crippen molar-refractivity contribution in [3.63, 3.8) is 0 Å². The minimum atomic E-state index is -4.56. The van der Waals surface area contributed by atoms with Gasteiger partial charge in [-0.2, -0.15) is 13.2 Å². The summed E-state index contributed by atoms with van der Waals surface area (Å²) in [5, 5.41) is 0. The fraction of sp³-hybridized carbons (Fsp3) is 0.444. The van der Waals surface area contributed by atoms with Crippen LogP contribution < -0.4 is 4.90 Å². The van der Waals surface area contributed by atoms with Gasteiger partial charge in [-0.3, -0.25) is 9.78 Å². The number of carbonyl (C=O) groups is 1. The molecular formula is C18H20F3N5O. The lowest BCUT2D eigenvalue weighted by atomic mass is 10.0. The van der Waals surface area contributed by atoms with Crippen molar-refractivity contribution in [2.75, 3.05) is 25.0 Å². The molecule has 0 spiro atoms. The fourth-order valence-corrected chi connectivity index (χ4v) is 3.11. The van der Waals surface area contributed by atoms with Gasteiger partial charge < -0.3 is 9.80 Å². The zero-order valence-electron chi connectivity index (χ0n) is 15.1. The smallest absolute Gasteiger partial charge is 0.356 e. The van der Waals surface area contributed by atoms with Gasteiger partial charge in [0.25, 0.3) is 0 Å². The molecule has 1 aliphatic heterocycles. The number of rotatable bonds is 3. The minimum absolute atomic E-state index is 0.0187. The number of carbonyl (C=O) groups excluding carboxylic acids is 1. The Morgan fingerprint density at radius 1 is 1.19 bits per heavy atom. The number of aromatic nitrogens is 3. The molecule has 0 unspecified atom stereocenters. The highest BCUT2D eigenvalue weighted by atomic mass is 19.4. The van der Waals surface area contributed by atoms with E-state index in [4.69, 9.17) is 0 Å². The fourth-order valence-electron chi connectivity index (χ4n) is 3.11. The lowest BCUT2D eigenvalue weighted by molar-refractivity contribution is -0.141. The number of anilines is 1. The number of pyridine rings is 1. The maximum Gasteiger partial charge on any atom is 0.433 e. The first-order chi connectivity index (χ1) is 12.8. The second-order valence-corrected chi connectivity index (χ2v) is 6.52. The number of piperidine rings is 1. The maximum absolute atomic E-state index is 13.3. The second-order valence-electron chi connectivity index (χ2n) is 6.52. The zero-order valence-corrected chi connectivity index (χ0v) is 15.1. The largest absolute Gasteiger partial charge is 0.433 e. The molecule has 144 valence electrons. The van der Waals surface area contributed by atoms with Crippen LogP contribution in [0.25, 0.3) is 11.4 Å². The van der Waals surface area contributed by atoms with E-state index >= 15 is 0 Å². The Kier molecular flexibility index (Phi) is 5.29. The van der Waals surface area contributed by atoms with Crippen LogP contribution in [0.5, 0.6) is 0 Å². The zero-order chi connectivity index (χ0) is 19.6. The third-order valence-electron chi connectivity index (χ3n) is 4.77. The summed E-state index contributed by atoms with van der Waals surface area (Å²) >= 11 is 0. The van der Waals surface area contributed by atoms with Crippen LogP contribution in [0.3, 0.4) is 0 Å². The third-order valence-corrected chi connectivity index (χ3v) is 4.77. The minimum Gasteiger partial charge on any atom is -0.356 e. The van der Waals surface area contributed by atoms with Crippen LogP contribution in [0, 0.1) is 0 Å². The standard InChI is InChI=1S/C18H20F3N5O/c1-12(27)25(2)14-5-9-26(10-6-14)16-11-15(18(19,20)21)23-17(24-16)13-3-7-22-8-4-13/h3-4,7-8,11,14H,5-6,9-10H2,1-2H3. The van der Waals surface area contributed by atoms with Crippen molar-refractivity contribution in [2.45, 2.75) is 32.0 Å². The molecule has 1 amide bonds. The van der Waals surface area contributed by atoms with Gasteiger partial charge in [-0.25, -0.2) is 9.97 Å². The van der Waals surface area contributed by atoms with Gasteiger partial charge in [-0.05, 0) is 25.0 Å². The number of hydrogen-bond acceptors (Lipinski definition) is 5. The average molecular weight is 379 g/mol. The molecule has 3 rings (SSSR count). The van der Waals surface area contributed by atoms with Crippen LogP contribution in [-0.4, -0.2) is 51.9 Å². The summed E-state index contributed by atoms with van der Waals surface area (Å²) in [7, 11) is 1.75. The molecule has 0 bridgehead atoms. The highest BCUT2D eigenvalue weighted by molar-refractivity contribution is 5.73. The van der Waals surface area contributed by atoms with Crippen LogP contribution in [-0.2, 0) is 11.0 Å².